The molecule has 0 fully saturated rings. The quantitative estimate of drug-likeness (QED) is 0.698. The minimum Gasteiger partial charge on any atom is -0.478 e. The lowest BCUT2D eigenvalue weighted by atomic mass is 9.81. The van der Waals surface area contributed by atoms with Gasteiger partial charge in [-0.1, -0.05) is 72.8 Å². The van der Waals surface area contributed by atoms with Crippen molar-refractivity contribution in [2.24, 2.45) is 0 Å². The van der Waals surface area contributed by atoms with Gasteiger partial charge in [-0.15, -0.1) is 0 Å². The molecule has 0 bridgehead atoms. The van der Waals surface area contributed by atoms with Crippen molar-refractivity contribution in [3.05, 3.63) is 107 Å². The Morgan fingerprint density at radius 2 is 1.30 bits per heavy atom. The van der Waals surface area contributed by atoms with Gasteiger partial charge in [0.05, 0.1) is 5.56 Å². The average molecular weight is 302 g/mol. The first-order chi connectivity index (χ1) is 11.2. The SMILES string of the molecule is Cc1cccc(C(=O)O)c1C(c1ccccc1)c1ccccc1. The molecule has 0 saturated heterocycles. The summed E-state index contributed by atoms with van der Waals surface area (Å²) in [7, 11) is 0. The van der Waals surface area contributed by atoms with Gasteiger partial charge in [0.15, 0.2) is 0 Å². The molecular formula is C21H18O2. The maximum absolute atomic E-state index is 11.7. The second-order valence-electron chi connectivity index (χ2n) is 5.60. The number of aryl methyl sites for hydroxylation is 1. The number of aromatic carboxylic acids is 1. The summed E-state index contributed by atoms with van der Waals surface area (Å²) in [5, 5.41) is 9.63. The molecule has 0 aromatic heterocycles. The van der Waals surface area contributed by atoms with Crippen LogP contribution >= 0.6 is 0 Å². The zero-order chi connectivity index (χ0) is 16.2. The van der Waals surface area contributed by atoms with E-state index < -0.39 is 5.97 Å². The van der Waals surface area contributed by atoms with E-state index in [4.69, 9.17) is 0 Å². The fourth-order valence-corrected chi connectivity index (χ4v) is 3.07. The number of carboxylic acid groups (broad SMARTS) is 1. The Morgan fingerprint density at radius 1 is 0.783 bits per heavy atom. The Balaban J connectivity index is 2.28. The molecular weight excluding hydrogens is 284 g/mol. The lowest BCUT2D eigenvalue weighted by Gasteiger charge is -2.22. The van der Waals surface area contributed by atoms with Gasteiger partial charge in [-0.05, 0) is 35.2 Å². The molecule has 0 spiro atoms. The van der Waals surface area contributed by atoms with Crippen LogP contribution in [0, 0.1) is 6.92 Å². The molecule has 3 aromatic rings. The van der Waals surface area contributed by atoms with Crippen molar-refractivity contribution in [2.45, 2.75) is 12.8 Å². The van der Waals surface area contributed by atoms with Crippen LogP contribution in [-0.2, 0) is 0 Å². The number of benzene rings is 3. The van der Waals surface area contributed by atoms with E-state index >= 15 is 0 Å². The van der Waals surface area contributed by atoms with Gasteiger partial charge in [0.1, 0.15) is 0 Å². The van der Waals surface area contributed by atoms with Crippen LogP contribution in [0.25, 0.3) is 0 Å². The van der Waals surface area contributed by atoms with Crippen molar-refractivity contribution < 1.29 is 9.90 Å². The van der Waals surface area contributed by atoms with Crippen LogP contribution < -0.4 is 0 Å². The lowest BCUT2D eigenvalue weighted by Crippen LogP contribution is -2.12. The molecule has 2 nitrogen and oxygen atoms in total. The van der Waals surface area contributed by atoms with E-state index in [9.17, 15) is 9.90 Å². The summed E-state index contributed by atoms with van der Waals surface area (Å²) < 4.78 is 0. The van der Waals surface area contributed by atoms with Crippen molar-refractivity contribution in [1.82, 2.24) is 0 Å². The monoisotopic (exact) mass is 302 g/mol. The highest BCUT2D eigenvalue weighted by molar-refractivity contribution is 5.90. The molecule has 0 aliphatic carbocycles. The van der Waals surface area contributed by atoms with Gasteiger partial charge in [0, 0.05) is 5.92 Å². The van der Waals surface area contributed by atoms with E-state index in [0.717, 1.165) is 22.3 Å². The van der Waals surface area contributed by atoms with E-state index in [2.05, 4.69) is 24.3 Å². The van der Waals surface area contributed by atoms with Gasteiger partial charge < -0.3 is 5.11 Å². The van der Waals surface area contributed by atoms with Gasteiger partial charge in [0.2, 0.25) is 0 Å². The minimum absolute atomic E-state index is 0.0929. The highest BCUT2D eigenvalue weighted by atomic mass is 16.4. The largest absolute Gasteiger partial charge is 0.478 e. The van der Waals surface area contributed by atoms with Gasteiger partial charge in [-0.3, -0.25) is 0 Å². The predicted octanol–water partition coefficient (Wildman–Crippen LogP) is 4.87. The number of carboxylic acids is 1. The van der Waals surface area contributed by atoms with Crippen molar-refractivity contribution in [2.75, 3.05) is 0 Å². The molecule has 0 heterocycles. The highest BCUT2D eigenvalue weighted by Gasteiger charge is 2.23. The first kappa shape index (κ1) is 15.0. The summed E-state index contributed by atoms with van der Waals surface area (Å²) in [5.41, 5.74) is 4.40. The van der Waals surface area contributed by atoms with Crippen LogP contribution in [-0.4, -0.2) is 11.1 Å². The summed E-state index contributed by atoms with van der Waals surface area (Å²) in [4.78, 5) is 11.7. The van der Waals surface area contributed by atoms with Crippen LogP contribution in [0.5, 0.6) is 0 Å². The lowest BCUT2D eigenvalue weighted by molar-refractivity contribution is 0.0695. The highest BCUT2D eigenvalue weighted by Crippen LogP contribution is 2.35. The predicted molar refractivity (Wildman–Crippen MR) is 92.0 cm³/mol. The number of rotatable bonds is 4. The number of hydrogen-bond donors (Lipinski definition) is 1. The fraction of sp³-hybridized carbons (Fsp3) is 0.0952. The van der Waals surface area contributed by atoms with Gasteiger partial charge in [-0.2, -0.15) is 0 Å². The van der Waals surface area contributed by atoms with E-state index in [-0.39, 0.29) is 5.92 Å². The molecule has 0 aliphatic rings. The van der Waals surface area contributed by atoms with Gasteiger partial charge in [0.25, 0.3) is 0 Å². The first-order valence-corrected chi connectivity index (χ1v) is 7.61. The molecule has 114 valence electrons. The van der Waals surface area contributed by atoms with Gasteiger partial charge >= 0.3 is 5.97 Å². The first-order valence-electron chi connectivity index (χ1n) is 7.61. The summed E-state index contributed by atoms with van der Waals surface area (Å²) in [6.45, 7) is 1.97. The van der Waals surface area contributed by atoms with Gasteiger partial charge in [-0.25, -0.2) is 4.79 Å². The Labute approximate surface area is 136 Å². The minimum atomic E-state index is -0.888. The molecule has 3 aromatic carbocycles. The van der Waals surface area contributed by atoms with Crippen LogP contribution in [0.4, 0.5) is 0 Å². The maximum atomic E-state index is 11.7. The summed E-state index contributed by atoms with van der Waals surface area (Å²) >= 11 is 0. The second-order valence-corrected chi connectivity index (χ2v) is 5.60. The van der Waals surface area contributed by atoms with Crippen LogP contribution in [0.15, 0.2) is 78.9 Å². The molecule has 0 amide bonds. The Hall–Kier alpha value is -2.87. The molecule has 0 unspecified atom stereocenters. The Morgan fingerprint density at radius 3 is 1.78 bits per heavy atom. The van der Waals surface area contributed by atoms with Crippen LogP contribution in [0.1, 0.15) is 38.5 Å². The smallest absolute Gasteiger partial charge is 0.336 e. The van der Waals surface area contributed by atoms with E-state index in [1.54, 1.807) is 12.1 Å². The van der Waals surface area contributed by atoms with Crippen LogP contribution in [0.3, 0.4) is 0 Å². The molecule has 1 N–H and O–H groups in total. The zero-order valence-corrected chi connectivity index (χ0v) is 12.9. The number of hydrogen-bond acceptors (Lipinski definition) is 1. The Kier molecular flexibility index (Phi) is 4.24. The summed E-state index contributed by atoms with van der Waals surface area (Å²) in [6.07, 6.45) is 0. The molecule has 3 rings (SSSR count). The maximum Gasteiger partial charge on any atom is 0.336 e. The Bertz CT molecular complexity index is 768. The summed E-state index contributed by atoms with van der Waals surface area (Å²) in [5.74, 6) is -0.981. The topological polar surface area (TPSA) is 37.3 Å². The molecule has 0 atom stereocenters. The third-order valence-corrected chi connectivity index (χ3v) is 4.11. The average Bonchev–Trinajstić information content (AvgIpc) is 2.58. The fourth-order valence-electron chi connectivity index (χ4n) is 3.07. The molecule has 0 radical (unpaired) electrons. The van der Waals surface area contributed by atoms with Crippen molar-refractivity contribution in [3.63, 3.8) is 0 Å². The van der Waals surface area contributed by atoms with Crippen LogP contribution in [0.2, 0.25) is 0 Å². The second kappa shape index (κ2) is 6.49. The normalized spacial score (nSPS) is 10.7. The molecule has 23 heavy (non-hydrogen) atoms. The zero-order valence-electron chi connectivity index (χ0n) is 12.9. The van der Waals surface area contributed by atoms with E-state index in [1.165, 1.54) is 0 Å². The number of carbonyl (C=O) groups is 1. The van der Waals surface area contributed by atoms with Crippen molar-refractivity contribution in [1.29, 1.82) is 0 Å². The molecule has 0 aliphatic heterocycles. The summed E-state index contributed by atoms with van der Waals surface area (Å²) in [6, 6.07) is 25.6. The van der Waals surface area contributed by atoms with E-state index in [0.29, 0.717) is 5.56 Å². The molecule has 0 saturated carbocycles. The van der Waals surface area contributed by atoms with Crippen molar-refractivity contribution in [3.8, 4) is 0 Å². The van der Waals surface area contributed by atoms with Crippen molar-refractivity contribution >= 4 is 5.97 Å². The standard InChI is InChI=1S/C21H18O2/c1-15-9-8-14-18(21(22)23)19(15)20(16-10-4-2-5-11-16)17-12-6-3-7-13-17/h2-14,20H,1H3,(H,22,23). The third-order valence-electron chi connectivity index (χ3n) is 4.11. The molecule has 2 heteroatoms. The third kappa shape index (κ3) is 3.02. The van der Waals surface area contributed by atoms with E-state index in [1.807, 2.05) is 49.4 Å².